The van der Waals surface area contributed by atoms with E-state index in [0.717, 1.165) is 24.0 Å². The van der Waals surface area contributed by atoms with E-state index in [9.17, 15) is 4.79 Å². The van der Waals surface area contributed by atoms with E-state index in [2.05, 4.69) is 33.4 Å². The molecule has 1 aliphatic rings. The summed E-state index contributed by atoms with van der Waals surface area (Å²) in [5.41, 5.74) is 1.18. The van der Waals surface area contributed by atoms with Crippen LogP contribution in [0.1, 0.15) is 18.9 Å². The highest BCUT2D eigenvalue weighted by Crippen LogP contribution is 2.13. The van der Waals surface area contributed by atoms with Crippen molar-refractivity contribution >= 4 is 21.8 Å². The third-order valence-electron chi connectivity index (χ3n) is 3.02. The van der Waals surface area contributed by atoms with Gasteiger partial charge in [0.25, 0.3) is 0 Å². The monoisotopic (exact) mass is 296 g/mol. The number of carbonyl (C=O) groups excluding carboxylic acids is 1. The van der Waals surface area contributed by atoms with Crippen LogP contribution in [0.25, 0.3) is 0 Å². The second-order valence-electron chi connectivity index (χ2n) is 4.42. The molecule has 1 fully saturated rings. The van der Waals surface area contributed by atoms with Gasteiger partial charge in [0, 0.05) is 17.6 Å². The minimum Gasteiger partial charge on any atom is -0.337 e. The summed E-state index contributed by atoms with van der Waals surface area (Å²) in [5, 5.41) is 3.22. The van der Waals surface area contributed by atoms with Crippen LogP contribution in [-0.2, 0) is 11.3 Å². The molecule has 1 aromatic carbocycles. The van der Waals surface area contributed by atoms with Gasteiger partial charge in [-0.3, -0.25) is 4.79 Å². The van der Waals surface area contributed by atoms with Gasteiger partial charge in [-0.15, -0.1) is 0 Å². The Hall–Kier alpha value is -0.870. The van der Waals surface area contributed by atoms with Gasteiger partial charge in [-0.2, -0.15) is 0 Å². The summed E-state index contributed by atoms with van der Waals surface area (Å²) in [4.78, 5) is 14.0. The van der Waals surface area contributed by atoms with E-state index in [1.807, 2.05) is 24.0 Å². The lowest BCUT2D eigenvalue weighted by Gasteiger charge is -2.22. The minimum atomic E-state index is -0.0621. The lowest BCUT2D eigenvalue weighted by molar-refractivity contribution is -0.132. The molecule has 1 heterocycles. The lowest BCUT2D eigenvalue weighted by atomic mass is 10.2. The van der Waals surface area contributed by atoms with Crippen LogP contribution >= 0.6 is 15.9 Å². The van der Waals surface area contributed by atoms with Gasteiger partial charge in [0.05, 0.1) is 6.04 Å². The molecule has 0 aliphatic carbocycles. The molecule has 1 aliphatic heterocycles. The van der Waals surface area contributed by atoms with E-state index < -0.39 is 0 Å². The third-order valence-corrected chi connectivity index (χ3v) is 3.55. The molecular formula is C13H17BrN2O. The highest BCUT2D eigenvalue weighted by Gasteiger charge is 2.22. The minimum absolute atomic E-state index is 0.0621. The first-order valence-corrected chi connectivity index (χ1v) is 6.73. The highest BCUT2D eigenvalue weighted by molar-refractivity contribution is 9.10. The fourth-order valence-corrected chi connectivity index (χ4v) is 2.29. The quantitative estimate of drug-likeness (QED) is 0.907. The van der Waals surface area contributed by atoms with Crippen LogP contribution in [0.15, 0.2) is 28.7 Å². The van der Waals surface area contributed by atoms with Crippen LogP contribution in [0.4, 0.5) is 0 Å². The van der Waals surface area contributed by atoms with Gasteiger partial charge in [-0.25, -0.2) is 0 Å². The first-order chi connectivity index (χ1) is 8.16. The summed E-state index contributed by atoms with van der Waals surface area (Å²) in [5.74, 6) is 0.199. The summed E-state index contributed by atoms with van der Waals surface area (Å²) in [6, 6.07) is 8.08. The number of benzene rings is 1. The number of hydrogen-bond donors (Lipinski definition) is 1. The number of halogens is 1. The van der Waals surface area contributed by atoms with Crippen LogP contribution in [0.2, 0.25) is 0 Å². The molecule has 0 radical (unpaired) electrons. The van der Waals surface area contributed by atoms with Gasteiger partial charge < -0.3 is 10.2 Å². The van der Waals surface area contributed by atoms with Crippen molar-refractivity contribution in [2.24, 2.45) is 0 Å². The molecule has 1 atom stereocenters. The average Bonchev–Trinajstić information content (AvgIpc) is 2.48. The van der Waals surface area contributed by atoms with Gasteiger partial charge in [-0.1, -0.05) is 28.1 Å². The number of nitrogens with one attached hydrogen (secondary N) is 1. The Morgan fingerprint density at radius 3 is 2.82 bits per heavy atom. The summed E-state index contributed by atoms with van der Waals surface area (Å²) in [6.45, 7) is 4.40. The first kappa shape index (κ1) is 12.6. The van der Waals surface area contributed by atoms with Crippen molar-refractivity contribution < 1.29 is 4.79 Å². The zero-order valence-corrected chi connectivity index (χ0v) is 11.5. The zero-order chi connectivity index (χ0) is 12.3. The Labute approximate surface area is 110 Å². The van der Waals surface area contributed by atoms with Crippen molar-refractivity contribution in [3.8, 4) is 0 Å². The fraction of sp³-hybridized carbons (Fsp3) is 0.462. The van der Waals surface area contributed by atoms with Gasteiger partial charge in [-0.05, 0) is 37.6 Å². The molecule has 0 aromatic heterocycles. The second-order valence-corrected chi connectivity index (χ2v) is 5.33. The maximum atomic E-state index is 12.1. The topological polar surface area (TPSA) is 32.3 Å². The molecule has 0 bridgehead atoms. The van der Waals surface area contributed by atoms with E-state index in [-0.39, 0.29) is 11.9 Å². The molecule has 1 unspecified atom stereocenters. The normalized spacial score (nSPS) is 21.4. The molecule has 0 spiro atoms. The molecule has 17 heavy (non-hydrogen) atoms. The molecule has 2 rings (SSSR count). The van der Waals surface area contributed by atoms with Crippen molar-refractivity contribution in [1.82, 2.24) is 10.2 Å². The molecule has 92 valence electrons. The Bertz CT molecular complexity index is 391. The fourth-order valence-electron chi connectivity index (χ4n) is 2.03. The van der Waals surface area contributed by atoms with Crippen molar-refractivity contribution in [3.63, 3.8) is 0 Å². The van der Waals surface area contributed by atoms with Gasteiger partial charge in [0.1, 0.15) is 0 Å². The third kappa shape index (κ3) is 3.30. The molecule has 4 heteroatoms. The molecular weight excluding hydrogens is 280 g/mol. The molecule has 3 nitrogen and oxygen atoms in total. The number of nitrogens with zero attached hydrogens (tertiary/aromatic N) is 1. The SMILES string of the molecule is CC1NCCCN(Cc2ccc(Br)cc2)C1=O. The number of carbonyl (C=O) groups is 1. The summed E-state index contributed by atoms with van der Waals surface area (Å²) < 4.78 is 1.07. The smallest absolute Gasteiger partial charge is 0.239 e. The number of rotatable bonds is 2. The van der Waals surface area contributed by atoms with Gasteiger partial charge >= 0.3 is 0 Å². The van der Waals surface area contributed by atoms with E-state index in [1.165, 1.54) is 5.56 Å². The zero-order valence-electron chi connectivity index (χ0n) is 9.95. The predicted molar refractivity (Wildman–Crippen MR) is 71.6 cm³/mol. The van der Waals surface area contributed by atoms with Crippen molar-refractivity contribution in [1.29, 1.82) is 0 Å². The van der Waals surface area contributed by atoms with Crippen molar-refractivity contribution in [2.75, 3.05) is 13.1 Å². The molecule has 1 saturated heterocycles. The molecule has 0 saturated carbocycles. The Morgan fingerprint density at radius 1 is 1.41 bits per heavy atom. The number of amides is 1. The molecule has 1 amide bonds. The maximum Gasteiger partial charge on any atom is 0.239 e. The maximum absolute atomic E-state index is 12.1. The van der Waals surface area contributed by atoms with E-state index in [4.69, 9.17) is 0 Å². The Balaban J connectivity index is 2.06. The van der Waals surface area contributed by atoms with Crippen LogP contribution in [0.5, 0.6) is 0 Å². The Morgan fingerprint density at radius 2 is 2.12 bits per heavy atom. The highest BCUT2D eigenvalue weighted by atomic mass is 79.9. The van der Waals surface area contributed by atoms with E-state index >= 15 is 0 Å². The molecule has 1 N–H and O–H groups in total. The van der Waals surface area contributed by atoms with Crippen LogP contribution in [-0.4, -0.2) is 29.9 Å². The van der Waals surface area contributed by atoms with Crippen molar-refractivity contribution in [2.45, 2.75) is 25.9 Å². The van der Waals surface area contributed by atoms with Gasteiger partial charge in [0.2, 0.25) is 5.91 Å². The summed E-state index contributed by atoms with van der Waals surface area (Å²) in [7, 11) is 0. The largest absolute Gasteiger partial charge is 0.337 e. The average molecular weight is 297 g/mol. The van der Waals surface area contributed by atoms with Crippen LogP contribution in [0, 0.1) is 0 Å². The standard InChI is InChI=1S/C13H17BrN2O/c1-10-13(17)16(8-2-7-15-10)9-11-3-5-12(14)6-4-11/h3-6,10,15H,2,7-9H2,1H3. The van der Waals surface area contributed by atoms with Crippen LogP contribution < -0.4 is 5.32 Å². The Kier molecular flexibility index (Phi) is 4.18. The van der Waals surface area contributed by atoms with E-state index in [1.54, 1.807) is 0 Å². The first-order valence-electron chi connectivity index (χ1n) is 5.93. The molecule has 1 aromatic rings. The van der Waals surface area contributed by atoms with Gasteiger partial charge in [0.15, 0.2) is 0 Å². The predicted octanol–water partition coefficient (Wildman–Crippen LogP) is 2.16. The summed E-state index contributed by atoms with van der Waals surface area (Å²) >= 11 is 3.41. The van der Waals surface area contributed by atoms with E-state index in [0.29, 0.717) is 6.54 Å². The second kappa shape index (κ2) is 5.65. The summed E-state index contributed by atoms with van der Waals surface area (Å²) in [6.07, 6.45) is 1.02. The van der Waals surface area contributed by atoms with Crippen molar-refractivity contribution in [3.05, 3.63) is 34.3 Å². The lowest BCUT2D eigenvalue weighted by Crippen LogP contribution is -2.41. The van der Waals surface area contributed by atoms with Crippen LogP contribution in [0.3, 0.4) is 0 Å². The number of hydrogen-bond acceptors (Lipinski definition) is 2.